The largest absolute Gasteiger partial charge is 0.491 e. The highest BCUT2D eigenvalue weighted by atomic mass is 16.6. The van der Waals surface area contributed by atoms with Gasteiger partial charge in [-0.3, -0.25) is 24.5 Å². The molecule has 0 spiro atoms. The number of nitrogens with zero attached hydrogens (tertiary/aromatic N) is 2. The molecule has 0 saturated carbocycles. The summed E-state index contributed by atoms with van der Waals surface area (Å²) in [6, 6.07) is 6.39. The number of nitrogens with one attached hydrogen (secondary N) is 1. The number of H-pyrrole nitrogens is 1. The molecule has 1 saturated heterocycles. The summed E-state index contributed by atoms with van der Waals surface area (Å²) in [4.78, 5) is 35.0. The molecule has 2 aromatic rings. The van der Waals surface area contributed by atoms with E-state index in [9.17, 15) is 29.9 Å². The van der Waals surface area contributed by atoms with Crippen molar-refractivity contribution >= 4 is 5.69 Å². The number of aliphatic hydroxyl groups excluding tert-OH is 2. The number of benzene rings is 1. The molecule has 0 amide bonds. The smallest absolute Gasteiger partial charge is 0.330 e. The molecule has 1 aromatic carbocycles. The lowest BCUT2D eigenvalue weighted by Gasteiger charge is -2.16. The predicted molar refractivity (Wildman–Crippen MR) is 85.8 cm³/mol. The van der Waals surface area contributed by atoms with Crippen LogP contribution in [-0.4, -0.2) is 49.6 Å². The first-order valence-corrected chi connectivity index (χ1v) is 7.57. The number of hydrogen-bond acceptors (Lipinski definition) is 8. The van der Waals surface area contributed by atoms with Gasteiger partial charge in [0.2, 0.25) is 0 Å². The highest BCUT2D eigenvalue weighted by molar-refractivity contribution is 5.35. The van der Waals surface area contributed by atoms with Gasteiger partial charge in [0.25, 0.3) is 11.2 Å². The van der Waals surface area contributed by atoms with E-state index in [2.05, 4.69) is 0 Å². The van der Waals surface area contributed by atoms with Gasteiger partial charge in [0.05, 0.1) is 4.92 Å². The topological polar surface area (TPSA) is 157 Å². The van der Waals surface area contributed by atoms with Crippen LogP contribution < -0.4 is 16.0 Å². The van der Waals surface area contributed by atoms with E-state index in [-0.39, 0.29) is 12.3 Å². The van der Waals surface area contributed by atoms with Crippen LogP contribution in [0, 0.1) is 10.1 Å². The molecule has 1 fully saturated rings. The first-order valence-electron chi connectivity index (χ1n) is 7.57. The summed E-state index contributed by atoms with van der Waals surface area (Å²) in [7, 11) is 0. The summed E-state index contributed by atoms with van der Waals surface area (Å²) < 4.78 is 11.9. The number of ether oxygens (including phenoxy) is 2. The molecule has 11 nitrogen and oxygen atoms in total. The molecular formula is C15H15N3O8. The van der Waals surface area contributed by atoms with Gasteiger partial charge in [0, 0.05) is 24.4 Å². The van der Waals surface area contributed by atoms with Crippen molar-refractivity contribution in [3.05, 3.63) is 67.5 Å². The molecule has 0 bridgehead atoms. The van der Waals surface area contributed by atoms with Gasteiger partial charge in [-0.05, 0) is 12.1 Å². The Hall–Kier alpha value is -3.02. The Morgan fingerprint density at radius 2 is 1.88 bits per heavy atom. The second-order valence-electron chi connectivity index (χ2n) is 5.63. The Bertz CT molecular complexity index is 906. The average Bonchev–Trinajstić information content (AvgIpc) is 2.88. The lowest BCUT2D eigenvalue weighted by atomic mass is 10.1. The van der Waals surface area contributed by atoms with Gasteiger partial charge in [-0.2, -0.15) is 0 Å². The molecule has 26 heavy (non-hydrogen) atoms. The lowest BCUT2D eigenvalue weighted by molar-refractivity contribution is -0.384. The summed E-state index contributed by atoms with van der Waals surface area (Å²) in [5, 5.41) is 30.8. The third-order valence-corrected chi connectivity index (χ3v) is 3.92. The van der Waals surface area contributed by atoms with E-state index < -0.39 is 40.7 Å². The Morgan fingerprint density at radius 1 is 1.19 bits per heavy atom. The van der Waals surface area contributed by atoms with Crippen LogP contribution in [0.25, 0.3) is 0 Å². The van der Waals surface area contributed by atoms with Crippen LogP contribution in [0.2, 0.25) is 0 Å². The van der Waals surface area contributed by atoms with Crippen LogP contribution in [0.15, 0.2) is 46.1 Å². The summed E-state index contributed by atoms with van der Waals surface area (Å²) in [6.45, 7) is -0.162. The number of nitro benzene ring substituents is 1. The van der Waals surface area contributed by atoms with Gasteiger partial charge < -0.3 is 19.7 Å². The van der Waals surface area contributed by atoms with Gasteiger partial charge >= 0.3 is 5.69 Å². The van der Waals surface area contributed by atoms with Crippen molar-refractivity contribution in [1.29, 1.82) is 0 Å². The van der Waals surface area contributed by atoms with E-state index in [1.54, 1.807) is 0 Å². The summed E-state index contributed by atoms with van der Waals surface area (Å²) in [5.74, 6) is 0.311. The highest BCUT2D eigenvalue weighted by Gasteiger charge is 2.44. The molecule has 2 heterocycles. The molecule has 4 atom stereocenters. The zero-order valence-corrected chi connectivity index (χ0v) is 13.2. The van der Waals surface area contributed by atoms with E-state index >= 15 is 0 Å². The summed E-state index contributed by atoms with van der Waals surface area (Å²) in [5.41, 5.74) is -1.48. The fourth-order valence-electron chi connectivity index (χ4n) is 2.57. The molecule has 1 aromatic heterocycles. The van der Waals surface area contributed by atoms with E-state index in [1.165, 1.54) is 24.3 Å². The third kappa shape index (κ3) is 3.49. The number of non-ortho nitro benzene ring substituents is 1. The second-order valence-corrected chi connectivity index (χ2v) is 5.63. The Morgan fingerprint density at radius 3 is 2.50 bits per heavy atom. The molecule has 1 aliphatic rings. The number of aliphatic hydroxyl groups is 2. The van der Waals surface area contributed by atoms with E-state index in [1.807, 2.05) is 4.98 Å². The minimum atomic E-state index is -1.41. The lowest BCUT2D eigenvalue weighted by Crippen LogP contribution is -2.37. The minimum Gasteiger partial charge on any atom is -0.491 e. The maximum absolute atomic E-state index is 11.8. The van der Waals surface area contributed by atoms with Gasteiger partial charge in [-0.1, -0.05) is 0 Å². The molecule has 0 aliphatic carbocycles. The van der Waals surface area contributed by atoms with Crippen LogP contribution in [-0.2, 0) is 4.74 Å². The van der Waals surface area contributed by atoms with Crippen molar-refractivity contribution in [2.24, 2.45) is 0 Å². The summed E-state index contributed by atoms with van der Waals surface area (Å²) >= 11 is 0. The van der Waals surface area contributed by atoms with Gasteiger partial charge in [-0.15, -0.1) is 0 Å². The Balaban J connectivity index is 1.68. The van der Waals surface area contributed by atoms with Crippen LogP contribution in [0.1, 0.15) is 6.23 Å². The molecular weight excluding hydrogens is 350 g/mol. The molecule has 3 N–H and O–H groups in total. The Kier molecular flexibility index (Phi) is 4.84. The fraction of sp³-hybridized carbons (Fsp3) is 0.333. The van der Waals surface area contributed by atoms with Crippen molar-refractivity contribution in [1.82, 2.24) is 9.55 Å². The highest BCUT2D eigenvalue weighted by Crippen LogP contribution is 2.29. The third-order valence-electron chi connectivity index (χ3n) is 3.92. The van der Waals surface area contributed by atoms with Crippen molar-refractivity contribution in [2.45, 2.75) is 24.5 Å². The minimum absolute atomic E-state index is 0.0950. The van der Waals surface area contributed by atoms with Crippen molar-refractivity contribution in [3.8, 4) is 5.75 Å². The maximum Gasteiger partial charge on any atom is 0.330 e. The quantitative estimate of drug-likeness (QED) is 0.456. The number of nitro groups is 1. The van der Waals surface area contributed by atoms with Crippen molar-refractivity contribution in [3.63, 3.8) is 0 Å². The van der Waals surface area contributed by atoms with Crippen molar-refractivity contribution in [2.75, 3.05) is 6.61 Å². The number of rotatable bonds is 5. The zero-order chi connectivity index (χ0) is 18.8. The zero-order valence-electron chi connectivity index (χ0n) is 13.2. The SMILES string of the molecule is O=c1ccn([C@@H]2O[C@H](COc3ccc([N+](=O)[O-])cc3)[C@@H](O)[C@@H]2O)c(=O)[nH]1. The summed E-state index contributed by atoms with van der Waals surface area (Å²) in [6.07, 6.45) is -3.74. The number of hydrogen-bond donors (Lipinski definition) is 3. The number of aromatic nitrogens is 2. The second kappa shape index (κ2) is 7.07. The van der Waals surface area contributed by atoms with Crippen LogP contribution >= 0.6 is 0 Å². The molecule has 138 valence electrons. The standard InChI is InChI=1S/C15H15N3O8/c19-11-5-6-17(15(22)16-11)14-13(21)12(20)10(26-14)7-25-9-3-1-8(2-4-9)18(23)24/h1-6,10,12-14,20-21H,7H2,(H,16,19,22)/t10-,12-,13+,14-/m1/s1. The first kappa shape index (κ1) is 17.8. The molecule has 11 heteroatoms. The monoisotopic (exact) mass is 365 g/mol. The van der Waals surface area contributed by atoms with Crippen LogP contribution in [0.4, 0.5) is 5.69 Å². The first-order chi connectivity index (χ1) is 12.4. The van der Waals surface area contributed by atoms with Gasteiger partial charge in [-0.25, -0.2) is 4.79 Å². The molecule has 0 radical (unpaired) electrons. The Labute approximate surface area is 145 Å². The van der Waals surface area contributed by atoms with Crippen molar-refractivity contribution < 1.29 is 24.6 Å². The number of aromatic amines is 1. The molecule has 0 unspecified atom stereocenters. The van der Waals surface area contributed by atoms with Gasteiger partial charge in [0.1, 0.15) is 30.7 Å². The van der Waals surface area contributed by atoms with Crippen LogP contribution in [0.5, 0.6) is 5.75 Å². The fourth-order valence-corrected chi connectivity index (χ4v) is 2.57. The maximum atomic E-state index is 11.8. The van der Waals surface area contributed by atoms with E-state index in [0.29, 0.717) is 5.75 Å². The van der Waals surface area contributed by atoms with E-state index in [4.69, 9.17) is 9.47 Å². The van der Waals surface area contributed by atoms with Gasteiger partial charge in [0.15, 0.2) is 6.23 Å². The molecule has 1 aliphatic heterocycles. The average molecular weight is 365 g/mol. The normalized spacial score (nSPS) is 25.2. The van der Waals surface area contributed by atoms with E-state index in [0.717, 1.165) is 16.8 Å². The predicted octanol–water partition coefficient (Wildman–Crippen LogP) is -0.857. The van der Waals surface area contributed by atoms with Crippen LogP contribution in [0.3, 0.4) is 0 Å². The molecule has 3 rings (SSSR count).